The number of nitrogens with one attached hydrogen (secondary N) is 1. The van der Waals surface area contributed by atoms with Crippen molar-refractivity contribution < 1.29 is 27.4 Å². The Bertz CT molecular complexity index is 762. The maximum absolute atomic E-state index is 12.7. The number of hydrogen-bond acceptors (Lipinski definition) is 4. The van der Waals surface area contributed by atoms with Crippen LogP contribution in [-0.4, -0.2) is 24.7 Å². The van der Waals surface area contributed by atoms with E-state index in [4.69, 9.17) is 9.47 Å². The van der Waals surface area contributed by atoms with Crippen molar-refractivity contribution in [3.63, 3.8) is 0 Å². The van der Waals surface area contributed by atoms with E-state index < -0.39 is 17.8 Å². The van der Waals surface area contributed by atoms with Gasteiger partial charge in [-0.15, -0.1) is 0 Å². The van der Waals surface area contributed by atoms with Gasteiger partial charge in [0.25, 0.3) is 0 Å². The summed E-state index contributed by atoms with van der Waals surface area (Å²) in [5.74, 6) is 0.0564. The fourth-order valence-corrected chi connectivity index (χ4v) is 2.02. The molecular formula is C18H17F3N2O3. The number of benzene rings is 1. The van der Waals surface area contributed by atoms with Crippen molar-refractivity contribution in [2.75, 3.05) is 13.7 Å². The molecule has 138 valence electrons. The lowest BCUT2D eigenvalue weighted by Gasteiger charge is -2.09. The van der Waals surface area contributed by atoms with Crippen LogP contribution < -0.4 is 10.1 Å². The lowest BCUT2D eigenvalue weighted by Crippen LogP contribution is -2.24. The van der Waals surface area contributed by atoms with Gasteiger partial charge in [0.15, 0.2) is 0 Å². The van der Waals surface area contributed by atoms with Crippen LogP contribution >= 0.6 is 0 Å². The number of alkyl halides is 3. The molecule has 0 aliphatic rings. The number of pyridine rings is 1. The highest BCUT2D eigenvalue weighted by atomic mass is 19.4. The van der Waals surface area contributed by atoms with Crippen LogP contribution in [0, 0.1) is 0 Å². The van der Waals surface area contributed by atoms with E-state index in [1.807, 2.05) is 30.3 Å². The molecule has 2 aromatic rings. The predicted octanol–water partition coefficient (Wildman–Crippen LogP) is 4.05. The van der Waals surface area contributed by atoms with Gasteiger partial charge in [-0.1, -0.05) is 42.5 Å². The summed E-state index contributed by atoms with van der Waals surface area (Å²) < 4.78 is 48.2. The first-order valence-corrected chi connectivity index (χ1v) is 7.62. The molecule has 0 unspecified atom stereocenters. The van der Waals surface area contributed by atoms with E-state index in [-0.39, 0.29) is 24.6 Å². The van der Waals surface area contributed by atoms with Gasteiger partial charge in [0.2, 0.25) is 5.88 Å². The minimum Gasteiger partial charge on any atom is -0.481 e. The van der Waals surface area contributed by atoms with E-state index in [2.05, 4.69) is 10.3 Å². The molecule has 1 aromatic heterocycles. The molecule has 1 amide bonds. The zero-order chi connectivity index (χ0) is 19.0. The molecule has 1 heterocycles. The van der Waals surface area contributed by atoms with Crippen molar-refractivity contribution >= 4 is 12.2 Å². The van der Waals surface area contributed by atoms with Crippen molar-refractivity contribution in [3.8, 4) is 5.88 Å². The van der Waals surface area contributed by atoms with Crippen LogP contribution in [0.1, 0.15) is 16.7 Å². The number of carbonyl (C=O) groups is 1. The van der Waals surface area contributed by atoms with Gasteiger partial charge in [0, 0.05) is 18.3 Å². The van der Waals surface area contributed by atoms with Crippen LogP contribution in [-0.2, 0) is 17.5 Å². The highest BCUT2D eigenvalue weighted by molar-refractivity contribution is 5.67. The van der Waals surface area contributed by atoms with Gasteiger partial charge in [-0.2, -0.15) is 13.2 Å². The van der Waals surface area contributed by atoms with Crippen LogP contribution in [0.4, 0.5) is 18.0 Å². The van der Waals surface area contributed by atoms with Crippen molar-refractivity contribution in [2.24, 2.45) is 0 Å². The van der Waals surface area contributed by atoms with Gasteiger partial charge in [0.1, 0.15) is 6.61 Å². The zero-order valence-electron chi connectivity index (χ0n) is 13.9. The fraction of sp³-hybridized carbons (Fsp3) is 0.222. The third-order valence-electron chi connectivity index (χ3n) is 3.27. The summed E-state index contributed by atoms with van der Waals surface area (Å²) in [6, 6.07) is 10.1. The summed E-state index contributed by atoms with van der Waals surface area (Å²) >= 11 is 0. The van der Waals surface area contributed by atoms with Gasteiger partial charge in [0.05, 0.1) is 12.7 Å². The molecule has 0 bridgehead atoms. The summed E-state index contributed by atoms with van der Waals surface area (Å²) in [5.41, 5.74) is 0.118. The summed E-state index contributed by atoms with van der Waals surface area (Å²) in [7, 11) is 1.31. The van der Waals surface area contributed by atoms with Gasteiger partial charge >= 0.3 is 12.3 Å². The Kier molecular flexibility index (Phi) is 6.60. The number of alkyl carbamates (subject to hydrolysis) is 1. The average molecular weight is 366 g/mol. The summed E-state index contributed by atoms with van der Waals surface area (Å²) in [4.78, 5) is 15.2. The number of ether oxygens (including phenoxy) is 2. The lowest BCUT2D eigenvalue weighted by atomic mass is 10.2. The first-order valence-electron chi connectivity index (χ1n) is 7.62. The normalized spacial score (nSPS) is 11.4. The maximum atomic E-state index is 12.7. The largest absolute Gasteiger partial charge is 0.481 e. The first kappa shape index (κ1) is 19.3. The summed E-state index contributed by atoms with van der Waals surface area (Å²) in [6.45, 7) is 0.203. The molecule has 0 radical (unpaired) electrons. The Balaban J connectivity index is 1.88. The number of methoxy groups -OCH3 is 1. The Labute approximate surface area is 148 Å². The molecule has 0 saturated heterocycles. The van der Waals surface area contributed by atoms with E-state index in [1.165, 1.54) is 19.3 Å². The van der Waals surface area contributed by atoms with Crippen LogP contribution in [0.3, 0.4) is 0 Å². The summed E-state index contributed by atoms with van der Waals surface area (Å²) in [5, 5.41) is 2.47. The van der Waals surface area contributed by atoms with E-state index in [0.717, 1.165) is 11.6 Å². The van der Waals surface area contributed by atoms with Crippen molar-refractivity contribution in [1.82, 2.24) is 10.3 Å². The van der Waals surface area contributed by atoms with Crippen molar-refractivity contribution in [2.45, 2.75) is 12.8 Å². The van der Waals surface area contributed by atoms with Crippen LogP contribution in [0.25, 0.3) is 6.08 Å². The van der Waals surface area contributed by atoms with E-state index in [9.17, 15) is 18.0 Å². The fourth-order valence-electron chi connectivity index (χ4n) is 2.02. The smallest absolute Gasteiger partial charge is 0.417 e. The van der Waals surface area contributed by atoms with Gasteiger partial charge in [-0.05, 0) is 11.6 Å². The number of halogens is 3. The SMILES string of the molecule is COc1ncc(C(F)(F)F)cc1C=CCNC(=O)OCc1ccccc1. The van der Waals surface area contributed by atoms with Crippen LogP contribution in [0.5, 0.6) is 5.88 Å². The standard InChI is InChI=1S/C18H17F3N2O3/c1-25-16-14(10-15(11-23-16)18(19,20)21)8-5-9-22-17(24)26-12-13-6-3-2-4-7-13/h2-8,10-11H,9,12H2,1H3,(H,22,24). The monoisotopic (exact) mass is 366 g/mol. The molecule has 2 rings (SSSR count). The number of nitrogens with zero attached hydrogens (tertiary/aromatic N) is 1. The minimum atomic E-state index is -4.50. The molecule has 1 aromatic carbocycles. The topological polar surface area (TPSA) is 60.5 Å². The number of carbonyl (C=O) groups excluding carboxylic acids is 1. The Morgan fingerprint density at radius 3 is 2.65 bits per heavy atom. The number of hydrogen-bond donors (Lipinski definition) is 1. The van der Waals surface area contributed by atoms with Crippen LogP contribution in [0.2, 0.25) is 0 Å². The molecule has 8 heteroatoms. The average Bonchev–Trinajstić information content (AvgIpc) is 2.63. The molecule has 0 saturated carbocycles. The molecular weight excluding hydrogens is 349 g/mol. The molecule has 26 heavy (non-hydrogen) atoms. The molecule has 0 fully saturated rings. The molecule has 1 N–H and O–H groups in total. The highest BCUT2D eigenvalue weighted by Gasteiger charge is 2.31. The van der Waals surface area contributed by atoms with Gasteiger partial charge in [-0.3, -0.25) is 0 Å². The van der Waals surface area contributed by atoms with Crippen molar-refractivity contribution in [1.29, 1.82) is 0 Å². The second-order valence-electron chi connectivity index (χ2n) is 5.17. The molecule has 0 aliphatic heterocycles. The Morgan fingerprint density at radius 2 is 2.00 bits per heavy atom. The second kappa shape index (κ2) is 8.89. The third kappa shape index (κ3) is 5.80. The van der Waals surface area contributed by atoms with Gasteiger partial charge in [-0.25, -0.2) is 9.78 Å². The lowest BCUT2D eigenvalue weighted by molar-refractivity contribution is -0.137. The predicted molar refractivity (Wildman–Crippen MR) is 89.5 cm³/mol. The van der Waals surface area contributed by atoms with Crippen LogP contribution in [0.15, 0.2) is 48.7 Å². The highest BCUT2D eigenvalue weighted by Crippen LogP contribution is 2.31. The van der Waals surface area contributed by atoms with Gasteiger partial charge < -0.3 is 14.8 Å². The quantitative estimate of drug-likeness (QED) is 0.838. The first-order chi connectivity index (χ1) is 12.4. The number of aromatic nitrogens is 1. The third-order valence-corrected chi connectivity index (χ3v) is 3.27. The van der Waals surface area contributed by atoms with Crippen molar-refractivity contribution in [3.05, 3.63) is 65.4 Å². The molecule has 0 spiro atoms. The van der Waals surface area contributed by atoms with E-state index >= 15 is 0 Å². The number of rotatable bonds is 6. The molecule has 0 aliphatic carbocycles. The molecule has 0 atom stereocenters. The maximum Gasteiger partial charge on any atom is 0.417 e. The Hall–Kier alpha value is -3.03. The zero-order valence-corrected chi connectivity index (χ0v) is 13.9. The Morgan fingerprint density at radius 1 is 1.27 bits per heavy atom. The summed E-state index contributed by atoms with van der Waals surface area (Å²) in [6.07, 6.45) is -1.56. The minimum absolute atomic E-state index is 0.0564. The number of amides is 1. The second-order valence-corrected chi connectivity index (χ2v) is 5.17. The van der Waals surface area contributed by atoms with E-state index in [1.54, 1.807) is 0 Å². The molecule has 5 nitrogen and oxygen atoms in total. The van der Waals surface area contributed by atoms with E-state index in [0.29, 0.717) is 6.20 Å².